The van der Waals surface area contributed by atoms with Crippen LogP contribution in [0.1, 0.15) is 36.8 Å². The van der Waals surface area contributed by atoms with Crippen LogP contribution in [0.15, 0.2) is 54.7 Å². The number of likely N-dealkylation sites (N-methyl/N-ethyl adjacent to an activating group) is 1. The van der Waals surface area contributed by atoms with Gasteiger partial charge >= 0.3 is 12.1 Å². The molecule has 48 heavy (non-hydrogen) atoms. The maximum Gasteiger partial charge on any atom is 0.426 e. The van der Waals surface area contributed by atoms with Crippen molar-refractivity contribution >= 4 is 34.6 Å². The number of nitrogens with zero attached hydrogens (tertiary/aromatic N) is 5. The summed E-state index contributed by atoms with van der Waals surface area (Å²) in [4.78, 5) is 58.1. The first kappa shape index (κ1) is 32.4. The summed E-state index contributed by atoms with van der Waals surface area (Å²) >= 11 is 0. The van der Waals surface area contributed by atoms with Crippen molar-refractivity contribution in [2.75, 3.05) is 71.3 Å². The Morgan fingerprint density at radius 2 is 1.65 bits per heavy atom. The molecule has 1 aromatic heterocycles. The summed E-state index contributed by atoms with van der Waals surface area (Å²) in [6.07, 6.45) is 5.73. The van der Waals surface area contributed by atoms with Gasteiger partial charge in [-0.15, -0.1) is 5.06 Å². The summed E-state index contributed by atoms with van der Waals surface area (Å²) in [5.74, 6) is -0.0650. The number of nitrogens with one attached hydrogen (secondary N) is 3. The summed E-state index contributed by atoms with van der Waals surface area (Å²) in [6, 6.07) is 15.8. The van der Waals surface area contributed by atoms with Crippen molar-refractivity contribution in [1.82, 2.24) is 35.0 Å². The number of carbonyl (C=O) groups is 3. The first-order chi connectivity index (χ1) is 23.4. The predicted molar refractivity (Wildman–Crippen MR) is 185 cm³/mol. The zero-order valence-electron chi connectivity index (χ0n) is 27.9. The molecule has 2 aromatic carbocycles. The van der Waals surface area contributed by atoms with E-state index in [0.29, 0.717) is 58.0 Å². The van der Waals surface area contributed by atoms with Gasteiger partial charge < -0.3 is 35.2 Å². The van der Waals surface area contributed by atoms with Crippen LogP contribution < -0.4 is 10.6 Å². The summed E-state index contributed by atoms with van der Waals surface area (Å²) in [5.41, 5.74) is 4.03. The van der Waals surface area contributed by atoms with Gasteiger partial charge in [0, 0.05) is 94.8 Å². The second-order valence-corrected chi connectivity index (χ2v) is 13.8. The fraction of sp³-hybridized carbons (Fsp3) is 0.528. The fourth-order valence-corrected chi connectivity index (χ4v) is 7.79. The molecule has 3 aromatic rings. The summed E-state index contributed by atoms with van der Waals surface area (Å²) in [5, 5.41) is 8.72. The highest BCUT2D eigenvalue weighted by Gasteiger charge is 2.34. The third-order valence-electron chi connectivity index (χ3n) is 10.7. The SMILES string of the molecule is CN1CCN(C2CCN(C(=O)C(Cc3ccc4[nH]ccc4c3)NC(=O)ON3CCC(N4CCc5ccccc5NC4=O)CC3)CC2)CC1. The highest BCUT2D eigenvalue weighted by Crippen LogP contribution is 2.25. The minimum atomic E-state index is -0.742. The molecule has 3 N–H and O–H groups in total. The van der Waals surface area contributed by atoms with E-state index in [1.54, 1.807) is 5.06 Å². The number of aromatic amines is 1. The van der Waals surface area contributed by atoms with Gasteiger partial charge in [-0.25, -0.2) is 9.59 Å². The Morgan fingerprint density at radius 1 is 0.896 bits per heavy atom. The molecule has 4 amide bonds. The van der Waals surface area contributed by atoms with Crippen LogP contribution in [0.3, 0.4) is 0 Å². The van der Waals surface area contributed by atoms with E-state index in [4.69, 9.17) is 4.84 Å². The standard InChI is InChI=1S/C36H48N8O4/c1-40-20-22-41(23-21-40)29-10-15-42(16-11-29)34(45)33(25-26-6-7-31-28(24-26)8-14-37-31)39-36(47)48-43-17-12-30(13-18-43)44-19-9-27-4-2-3-5-32(27)38-35(44)46/h2-8,14,24,29-30,33,37H,9-13,15-23,25H2,1H3,(H,38,46)(H,39,47). The highest BCUT2D eigenvalue weighted by molar-refractivity contribution is 5.91. The van der Waals surface area contributed by atoms with Gasteiger partial charge in [-0.1, -0.05) is 24.3 Å². The molecule has 0 saturated carbocycles. The molecule has 0 aliphatic carbocycles. The van der Waals surface area contributed by atoms with Crippen molar-refractivity contribution in [2.24, 2.45) is 0 Å². The number of hydroxylamine groups is 2. The van der Waals surface area contributed by atoms with Crippen LogP contribution in [0.5, 0.6) is 0 Å². The molecule has 0 radical (unpaired) electrons. The Kier molecular flexibility index (Phi) is 9.83. The first-order valence-electron chi connectivity index (χ1n) is 17.6. The van der Waals surface area contributed by atoms with Gasteiger partial charge in [-0.05, 0) is 79.9 Å². The lowest BCUT2D eigenvalue weighted by Crippen LogP contribution is -2.56. The maximum absolute atomic E-state index is 14.0. The minimum absolute atomic E-state index is 0.0636. The van der Waals surface area contributed by atoms with Gasteiger partial charge in [0.05, 0.1) is 0 Å². The number of urea groups is 1. The second-order valence-electron chi connectivity index (χ2n) is 13.8. The molecule has 7 rings (SSSR count). The monoisotopic (exact) mass is 656 g/mol. The number of hydrogen-bond acceptors (Lipinski definition) is 7. The number of piperazine rings is 1. The Bertz CT molecular complexity index is 1590. The summed E-state index contributed by atoms with van der Waals surface area (Å²) in [7, 11) is 2.17. The molecule has 3 fully saturated rings. The largest absolute Gasteiger partial charge is 0.426 e. The van der Waals surface area contributed by atoms with Crippen LogP contribution >= 0.6 is 0 Å². The predicted octanol–water partition coefficient (Wildman–Crippen LogP) is 3.51. The van der Waals surface area contributed by atoms with E-state index in [-0.39, 0.29) is 18.0 Å². The molecule has 1 atom stereocenters. The van der Waals surface area contributed by atoms with Crippen LogP contribution in [0.2, 0.25) is 0 Å². The van der Waals surface area contributed by atoms with Gasteiger partial charge in [-0.3, -0.25) is 9.69 Å². The number of benzene rings is 2. The van der Waals surface area contributed by atoms with E-state index in [1.807, 2.05) is 52.4 Å². The Balaban J connectivity index is 0.950. The number of fused-ring (bicyclic) bond motifs is 2. The van der Waals surface area contributed by atoms with Gasteiger partial charge in [0.15, 0.2) is 0 Å². The van der Waals surface area contributed by atoms with Crippen molar-refractivity contribution < 1.29 is 19.2 Å². The lowest BCUT2D eigenvalue weighted by Gasteiger charge is -2.42. The smallest absolute Gasteiger partial charge is 0.361 e. The molecule has 4 aliphatic rings. The molecular weight excluding hydrogens is 608 g/mol. The molecule has 256 valence electrons. The number of likely N-dealkylation sites (tertiary alicyclic amines) is 1. The molecule has 3 saturated heterocycles. The fourth-order valence-electron chi connectivity index (χ4n) is 7.79. The summed E-state index contributed by atoms with van der Waals surface area (Å²) < 4.78 is 0. The number of piperidine rings is 2. The number of amides is 4. The average molecular weight is 657 g/mol. The van der Waals surface area contributed by atoms with Crippen molar-refractivity contribution in [1.29, 1.82) is 0 Å². The molecule has 12 nitrogen and oxygen atoms in total. The highest BCUT2D eigenvalue weighted by atomic mass is 16.7. The van der Waals surface area contributed by atoms with Crippen LogP contribution in [0, 0.1) is 0 Å². The molecule has 0 spiro atoms. The van der Waals surface area contributed by atoms with Crippen molar-refractivity contribution in [3.8, 4) is 0 Å². The van der Waals surface area contributed by atoms with E-state index in [9.17, 15) is 14.4 Å². The van der Waals surface area contributed by atoms with Gasteiger partial charge in [0.2, 0.25) is 5.91 Å². The van der Waals surface area contributed by atoms with Crippen molar-refractivity contribution in [3.05, 3.63) is 65.9 Å². The molecular formula is C36H48N8O4. The number of anilines is 1. The Labute approximate surface area is 282 Å². The van der Waals surface area contributed by atoms with Gasteiger partial charge in [0.1, 0.15) is 6.04 Å². The normalized spacial score (nSPS) is 21.4. The van der Waals surface area contributed by atoms with Crippen LogP contribution in [-0.2, 0) is 22.5 Å². The number of rotatable bonds is 7. The number of hydrogen-bond donors (Lipinski definition) is 3. The molecule has 1 unspecified atom stereocenters. The zero-order chi connectivity index (χ0) is 33.0. The first-order valence-corrected chi connectivity index (χ1v) is 17.6. The van der Waals surface area contributed by atoms with E-state index >= 15 is 0 Å². The number of H-pyrrole nitrogens is 1. The molecule has 12 heteroatoms. The summed E-state index contributed by atoms with van der Waals surface area (Å²) in [6.45, 7) is 7.35. The third-order valence-corrected chi connectivity index (χ3v) is 10.7. The van der Waals surface area contributed by atoms with Gasteiger partial charge in [-0.2, -0.15) is 0 Å². The van der Waals surface area contributed by atoms with E-state index in [2.05, 4.69) is 44.6 Å². The third kappa shape index (κ3) is 7.45. The zero-order valence-corrected chi connectivity index (χ0v) is 27.9. The minimum Gasteiger partial charge on any atom is -0.361 e. The second kappa shape index (κ2) is 14.6. The van der Waals surface area contributed by atoms with Crippen molar-refractivity contribution in [2.45, 2.75) is 56.7 Å². The molecule has 0 bridgehead atoms. The number of aromatic nitrogens is 1. The Hall–Kier alpha value is -4.13. The number of carbonyl (C=O) groups excluding carboxylic acids is 3. The topological polar surface area (TPSA) is 116 Å². The van der Waals surface area contributed by atoms with Crippen molar-refractivity contribution in [3.63, 3.8) is 0 Å². The molecule has 4 aliphatic heterocycles. The lowest BCUT2D eigenvalue weighted by atomic mass is 9.99. The Morgan fingerprint density at radius 3 is 2.44 bits per heavy atom. The maximum atomic E-state index is 14.0. The van der Waals surface area contributed by atoms with E-state index < -0.39 is 12.1 Å². The quantitative estimate of drug-likeness (QED) is 0.357. The van der Waals surface area contributed by atoms with E-state index in [0.717, 1.165) is 73.2 Å². The van der Waals surface area contributed by atoms with E-state index in [1.165, 1.54) is 0 Å². The van der Waals surface area contributed by atoms with Crippen LogP contribution in [0.25, 0.3) is 10.9 Å². The van der Waals surface area contributed by atoms with Crippen LogP contribution in [0.4, 0.5) is 15.3 Å². The van der Waals surface area contributed by atoms with Gasteiger partial charge in [0.25, 0.3) is 0 Å². The molecule has 5 heterocycles. The number of para-hydroxylation sites is 1. The average Bonchev–Trinajstić information content (AvgIpc) is 3.50. The van der Waals surface area contributed by atoms with Crippen LogP contribution in [-0.4, -0.2) is 132 Å². The lowest BCUT2D eigenvalue weighted by molar-refractivity contribution is -0.137.